The van der Waals surface area contributed by atoms with Gasteiger partial charge in [-0.1, -0.05) is 40.9 Å². The summed E-state index contributed by atoms with van der Waals surface area (Å²) in [6.45, 7) is 1.06. The first-order valence-electron chi connectivity index (χ1n) is 4.46. The van der Waals surface area contributed by atoms with Crippen LogP contribution in [-0.4, -0.2) is 21.9 Å². The Morgan fingerprint density at radius 1 is 1.47 bits per heavy atom. The molecule has 84 valence electrons. The molecule has 0 amide bonds. The van der Waals surface area contributed by atoms with Crippen molar-refractivity contribution in [2.45, 2.75) is 9.83 Å². The minimum absolute atomic E-state index is 0.403. The van der Waals surface area contributed by atoms with Crippen molar-refractivity contribution in [1.29, 1.82) is 0 Å². The SMILES string of the molecule is NCCNC(c1cccnc1)C(Cl)(Cl)Cl. The van der Waals surface area contributed by atoms with Crippen molar-refractivity contribution >= 4 is 34.8 Å². The van der Waals surface area contributed by atoms with Crippen molar-refractivity contribution in [2.24, 2.45) is 5.73 Å². The second-order valence-electron chi connectivity index (χ2n) is 3.00. The molecule has 1 rings (SSSR count). The molecule has 0 saturated carbocycles. The molecule has 0 spiro atoms. The summed E-state index contributed by atoms with van der Waals surface area (Å²) in [6.07, 6.45) is 3.33. The Hall–Kier alpha value is -0.0600. The van der Waals surface area contributed by atoms with Gasteiger partial charge in [0.15, 0.2) is 0 Å². The molecule has 1 atom stereocenters. The van der Waals surface area contributed by atoms with Gasteiger partial charge in [-0.15, -0.1) is 0 Å². The average molecular weight is 269 g/mol. The van der Waals surface area contributed by atoms with Gasteiger partial charge in [0.05, 0.1) is 6.04 Å². The summed E-state index contributed by atoms with van der Waals surface area (Å²) < 4.78 is -1.42. The summed E-state index contributed by atoms with van der Waals surface area (Å²) >= 11 is 17.6. The lowest BCUT2D eigenvalue weighted by molar-refractivity contribution is 0.547. The van der Waals surface area contributed by atoms with Gasteiger partial charge in [-0.2, -0.15) is 0 Å². The molecule has 0 aliphatic carbocycles. The van der Waals surface area contributed by atoms with Gasteiger partial charge in [-0.05, 0) is 11.6 Å². The summed E-state index contributed by atoms with van der Waals surface area (Å²) in [7, 11) is 0. The molecule has 3 nitrogen and oxygen atoms in total. The molecule has 0 aliphatic heterocycles. The monoisotopic (exact) mass is 267 g/mol. The highest BCUT2D eigenvalue weighted by molar-refractivity contribution is 6.68. The number of hydrogen-bond acceptors (Lipinski definition) is 3. The van der Waals surface area contributed by atoms with Gasteiger partial charge >= 0.3 is 0 Å². The summed E-state index contributed by atoms with van der Waals surface area (Å²) in [4.78, 5) is 3.98. The van der Waals surface area contributed by atoms with Crippen molar-refractivity contribution in [3.63, 3.8) is 0 Å². The summed E-state index contributed by atoms with van der Waals surface area (Å²) in [6, 6.07) is 3.24. The fraction of sp³-hybridized carbons (Fsp3) is 0.444. The predicted molar refractivity (Wildman–Crippen MR) is 64.3 cm³/mol. The standard InChI is InChI=1S/C9H12Cl3N3/c10-9(11,12)8(15-5-3-13)7-2-1-4-14-6-7/h1-2,4,6,8,15H,3,5,13H2. The number of aromatic nitrogens is 1. The van der Waals surface area contributed by atoms with E-state index in [1.54, 1.807) is 18.5 Å². The van der Waals surface area contributed by atoms with Gasteiger partial charge in [0.2, 0.25) is 3.79 Å². The molecule has 1 unspecified atom stereocenters. The molecule has 15 heavy (non-hydrogen) atoms. The van der Waals surface area contributed by atoms with E-state index in [4.69, 9.17) is 40.5 Å². The molecule has 0 saturated heterocycles. The van der Waals surface area contributed by atoms with E-state index in [0.717, 1.165) is 5.56 Å². The fourth-order valence-corrected chi connectivity index (χ4v) is 1.81. The first-order chi connectivity index (χ1) is 7.05. The lowest BCUT2D eigenvalue weighted by Crippen LogP contribution is -2.35. The Morgan fingerprint density at radius 3 is 2.67 bits per heavy atom. The highest BCUT2D eigenvalue weighted by Crippen LogP contribution is 2.39. The molecule has 1 heterocycles. The van der Waals surface area contributed by atoms with Crippen LogP contribution >= 0.6 is 34.8 Å². The van der Waals surface area contributed by atoms with Crippen LogP contribution in [0.1, 0.15) is 11.6 Å². The molecule has 0 bridgehead atoms. The zero-order valence-electron chi connectivity index (χ0n) is 7.96. The summed E-state index contributed by atoms with van der Waals surface area (Å²) in [5.74, 6) is 0. The highest BCUT2D eigenvalue weighted by Gasteiger charge is 2.33. The second-order valence-corrected chi connectivity index (χ2v) is 5.37. The molecule has 3 N–H and O–H groups in total. The van der Waals surface area contributed by atoms with Crippen LogP contribution < -0.4 is 11.1 Å². The zero-order chi connectivity index (χ0) is 11.3. The summed E-state index contributed by atoms with van der Waals surface area (Å²) in [5, 5.41) is 3.06. The molecule has 1 aromatic heterocycles. The van der Waals surface area contributed by atoms with E-state index in [1.807, 2.05) is 6.07 Å². The smallest absolute Gasteiger partial charge is 0.209 e. The number of halogens is 3. The van der Waals surface area contributed by atoms with E-state index in [9.17, 15) is 0 Å². The highest BCUT2D eigenvalue weighted by atomic mass is 35.6. The first-order valence-corrected chi connectivity index (χ1v) is 5.59. The van der Waals surface area contributed by atoms with Gasteiger partial charge in [0.1, 0.15) is 0 Å². The number of nitrogens with two attached hydrogens (primary N) is 1. The fourth-order valence-electron chi connectivity index (χ4n) is 1.20. The van der Waals surface area contributed by atoms with Crippen LogP contribution in [-0.2, 0) is 0 Å². The lowest BCUT2D eigenvalue weighted by atomic mass is 10.1. The number of hydrogen-bond donors (Lipinski definition) is 2. The number of nitrogens with one attached hydrogen (secondary N) is 1. The van der Waals surface area contributed by atoms with Crippen LogP contribution in [0.5, 0.6) is 0 Å². The predicted octanol–water partition coefficient (Wildman–Crippen LogP) is 2.04. The Bertz CT molecular complexity index is 286. The third-order valence-electron chi connectivity index (χ3n) is 1.84. The molecule has 0 radical (unpaired) electrons. The van der Waals surface area contributed by atoms with Crippen molar-refractivity contribution in [2.75, 3.05) is 13.1 Å². The molecule has 0 fully saturated rings. The van der Waals surface area contributed by atoms with Crippen molar-refractivity contribution in [3.05, 3.63) is 30.1 Å². The molecule has 0 aliphatic rings. The Kier molecular flexibility index (Phi) is 5.09. The van der Waals surface area contributed by atoms with Gasteiger partial charge in [-0.25, -0.2) is 0 Å². The van der Waals surface area contributed by atoms with E-state index < -0.39 is 9.83 Å². The zero-order valence-corrected chi connectivity index (χ0v) is 10.2. The first kappa shape index (κ1) is 13.0. The minimum Gasteiger partial charge on any atom is -0.329 e. The van der Waals surface area contributed by atoms with Crippen molar-refractivity contribution in [3.8, 4) is 0 Å². The van der Waals surface area contributed by atoms with E-state index in [0.29, 0.717) is 13.1 Å². The quantitative estimate of drug-likeness (QED) is 0.822. The summed E-state index contributed by atoms with van der Waals surface area (Å²) in [5.41, 5.74) is 6.22. The van der Waals surface area contributed by atoms with Crippen LogP contribution in [0.4, 0.5) is 0 Å². The maximum Gasteiger partial charge on any atom is 0.209 e. The third kappa shape index (κ3) is 4.13. The lowest BCUT2D eigenvalue weighted by Gasteiger charge is -2.25. The minimum atomic E-state index is -1.42. The molecule has 1 aromatic rings. The Balaban J connectivity index is 2.82. The largest absolute Gasteiger partial charge is 0.329 e. The number of nitrogens with zero attached hydrogens (tertiary/aromatic N) is 1. The van der Waals surface area contributed by atoms with Gasteiger partial charge < -0.3 is 11.1 Å². The number of rotatable bonds is 4. The molecular weight excluding hydrogens is 256 g/mol. The number of pyridine rings is 1. The van der Waals surface area contributed by atoms with Crippen LogP contribution in [0, 0.1) is 0 Å². The van der Waals surface area contributed by atoms with Gasteiger partial charge in [0, 0.05) is 25.5 Å². The Morgan fingerprint density at radius 2 is 2.20 bits per heavy atom. The number of alkyl halides is 3. The Labute approximate surface area is 104 Å². The normalized spacial score (nSPS) is 13.9. The average Bonchev–Trinajstić information content (AvgIpc) is 2.18. The third-order valence-corrected chi connectivity index (χ3v) is 2.49. The van der Waals surface area contributed by atoms with Crippen molar-refractivity contribution < 1.29 is 0 Å². The topological polar surface area (TPSA) is 50.9 Å². The van der Waals surface area contributed by atoms with E-state index in [2.05, 4.69) is 10.3 Å². The maximum absolute atomic E-state index is 5.87. The van der Waals surface area contributed by atoms with Crippen LogP contribution in [0.25, 0.3) is 0 Å². The van der Waals surface area contributed by atoms with Crippen LogP contribution in [0.15, 0.2) is 24.5 Å². The van der Waals surface area contributed by atoms with E-state index >= 15 is 0 Å². The molecule has 0 aromatic carbocycles. The molecular formula is C9H12Cl3N3. The van der Waals surface area contributed by atoms with Crippen molar-refractivity contribution in [1.82, 2.24) is 10.3 Å². The van der Waals surface area contributed by atoms with E-state index in [1.165, 1.54) is 0 Å². The van der Waals surface area contributed by atoms with Gasteiger partial charge in [0.25, 0.3) is 0 Å². The maximum atomic E-state index is 5.87. The second kappa shape index (κ2) is 5.87. The van der Waals surface area contributed by atoms with Gasteiger partial charge in [-0.3, -0.25) is 4.98 Å². The van der Waals surface area contributed by atoms with E-state index in [-0.39, 0.29) is 0 Å². The molecule has 6 heteroatoms. The van der Waals surface area contributed by atoms with Crippen LogP contribution in [0.2, 0.25) is 0 Å². The van der Waals surface area contributed by atoms with Crippen LogP contribution in [0.3, 0.4) is 0 Å².